The van der Waals surface area contributed by atoms with E-state index >= 15 is 0 Å². The van der Waals surface area contributed by atoms with Crippen LogP contribution < -0.4 is 4.74 Å². The second kappa shape index (κ2) is 5.95. The first-order valence-electron chi connectivity index (χ1n) is 5.89. The number of aryl methyl sites for hydroxylation is 2. The summed E-state index contributed by atoms with van der Waals surface area (Å²) >= 11 is 0. The Kier molecular flexibility index (Phi) is 4.80. The Balaban J connectivity index is 3.23. The molecule has 106 valence electrons. The highest BCUT2D eigenvalue weighted by molar-refractivity contribution is 5.71. The van der Waals surface area contributed by atoms with E-state index in [9.17, 15) is 18.0 Å². The van der Waals surface area contributed by atoms with Crippen LogP contribution in [0.4, 0.5) is 13.2 Å². The third-order valence-corrected chi connectivity index (χ3v) is 2.73. The minimum absolute atomic E-state index is 0.196. The van der Waals surface area contributed by atoms with Gasteiger partial charge < -0.3 is 9.84 Å². The summed E-state index contributed by atoms with van der Waals surface area (Å²) in [4.78, 5) is 10.8. The lowest BCUT2D eigenvalue weighted by Gasteiger charge is -2.16. The third-order valence-electron chi connectivity index (χ3n) is 2.73. The van der Waals surface area contributed by atoms with Gasteiger partial charge in [0, 0.05) is 0 Å². The van der Waals surface area contributed by atoms with Crippen LogP contribution in [0.3, 0.4) is 0 Å². The molecule has 0 radical (unpaired) electrons. The maximum absolute atomic E-state index is 12.2. The monoisotopic (exact) mass is 276 g/mol. The summed E-state index contributed by atoms with van der Waals surface area (Å²) in [5.41, 5.74) is 1.72. The fourth-order valence-electron chi connectivity index (χ4n) is 1.97. The first kappa shape index (κ1) is 15.3. The van der Waals surface area contributed by atoms with Crippen LogP contribution in [0.25, 0.3) is 0 Å². The number of carbonyl (C=O) groups is 1. The van der Waals surface area contributed by atoms with Gasteiger partial charge >= 0.3 is 12.3 Å². The third kappa shape index (κ3) is 4.46. The number of hydrogen-bond acceptors (Lipinski definition) is 2. The van der Waals surface area contributed by atoms with E-state index in [0.717, 1.165) is 0 Å². The van der Waals surface area contributed by atoms with Crippen molar-refractivity contribution in [1.82, 2.24) is 0 Å². The maximum atomic E-state index is 12.2. The Morgan fingerprint density at radius 2 is 1.68 bits per heavy atom. The van der Waals surface area contributed by atoms with Crippen molar-refractivity contribution in [3.8, 4) is 5.75 Å². The summed E-state index contributed by atoms with van der Waals surface area (Å²) in [6.45, 7) is 3.52. The number of alkyl halides is 3. The van der Waals surface area contributed by atoms with Crippen LogP contribution in [0.5, 0.6) is 5.75 Å². The van der Waals surface area contributed by atoms with Crippen LogP contribution in [-0.2, 0) is 24.1 Å². The summed E-state index contributed by atoms with van der Waals surface area (Å²) in [5, 5.41) is 8.85. The average molecular weight is 276 g/mol. The molecule has 0 bridgehead atoms. The number of ether oxygens (including phenoxy) is 1. The van der Waals surface area contributed by atoms with Crippen molar-refractivity contribution in [2.45, 2.75) is 39.5 Å². The van der Waals surface area contributed by atoms with E-state index in [-0.39, 0.29) is 12.2 Å². The van der Waals surface area contributed by atoms with Gasteiger partial charge in [0.25, 0.3) is 0 Å². The van der Waals surface area contributed by atoms with E-state index < -0.39 is 12.3 Å². The minimum Gasteiger partial charge on any atom is -0.481 e. The highest BCUT2D eigenvalue weighted by Crippen LogP contribution is 2.29. The van der Waals surface area contributed by atoms with Gasteiger partial charge in [0.1, 0.15) is 5.75 Å². The van der Waals surface area contributed by atoms with Gasteiger partial charge in [-0.05, 0) is 41.7 Å². The Morgan fingerprint density at radius 1 is 1.21 bits per heavy atom. The van der Waals surface area contributed by atoms with Crippen LogP contribution in [0, 0.1) is 0 Å². The van der Waals surface area contributed by atoms with Crippen molar-refractivity contribution in [2.75, 3.05) is 0 Å². The molecule has 0 aliphatic rings. The zero-order valence-electron chi connectivity index (χ0n) is 10.7. The summed E-state index contributed by atoms with van der Waals surface area (Å²) < 4.78 is 40.5. The Hall–Kier alpha value is -1.72. The van der Waals surface area contributed by atoms with Crippen LogP contribution in [0.1, 0.15) is 30.5 Å². The van der Waals surface area contributed by atoms with Crippen LogP contribution >= 0.6 is 0 Å². The molecule has 1 aromatic rings. The number of aliphatic carboxylic acids is 1. The molecule has 3 nitrogen and oxygen atoms in total. The first-order chi connectivity index (χ1) is 8.76. The molecule has 0 saturated carbocycles. The summed E-state index contributed by atoms with van der Waals surface area (Å²) in [7, 11) is 0. The number of halogens is 3. The zero-order chi connectivity index (χ0) is 14.6. The predicted molar refractivity (Wildman–Crippen MR) is 63.2 cm³/mol. The van der Waals surface area contributed by atoms with Crippen molar-refractivity contribution >= 4 is 5.97 Å². The normalized spacial score (nSPS) is 11.4. The topological polar surface area (TPSA) is 46.5 Å². The van der Waals surface area contributed by atoms with E-state index in [2.05, 4.69) is 4.74 Å². The molecule has 0 saturated heterocycles. The number of carboxylic acid groups (broad SMARTS) is 1. The standard InChI is InChI=1S/C13H15F3O3/c1-3-8-5-10(19-13(14,15)16)6-9(4-2)11(8)7-12(17)18/h5-6H,3-4,7H2,1-2H3,(H,17,18). The summed E-state index contributed by atoms with van der Waals surface area (Å²) in [6.07, 6.45) is -4.04. The van der Waals surface area contributed by atoms with Crippen LogP contribution in [-0.4, -0.2) is 17.4 Å². The largest absolute Gasteiger partial charge is 0.573 e. The van der Waals surface area contributed by atoms with Crippen molar-refractivity contribution in [3.63, 3.8) is 0 Å². The molecule has 0 aliphatic heterocycles. The van der Waals surface area contributed by atoms with E-state index in [0.29, 0.717) is 29.5 Å². The smallest absolute Gasteiger partial charge is 0.481 e. The van der Waals surface area contributed by atoms with Gasteiger partial charge in [-0.3, -0.25) is 4.79 Å². The van der Waals surface area contributed by atoms with E-state index in [1.165, 1.54) is 12.1 Å². The molecule has 1 rings (SSSR count). The summed E-state index contributed by atoms with van der Waals surface area (Å²) in [6, 6.07) is 2.51. The van der Waals surface area contributed by atoms with E-state index in [4.69, 9.17) is 5.11 Å². The van der Waals surface area contributed by atoms with Crippen molar-refractivity contribution in [3.05, 3.63) is 28.8 Å². The molecule has 0 heterocycles. The molecular weight excluding hydrogens is 261 g/mol. The number of rotatable bonds is 5. The van der Waals surface area contributed by atoms with Crippen molar-refractivity contribution in [1.29, 1.82) is 0 Å². The number of benzene rings is 1. The van der Waals surface area contributed by atoms with E-state index in [1.807, 2.05) is 0 Å². The Labute approximate surface area is 109 Å². The highest BCUT2D eigenvalue weighted by atomic mass is 19.4. The first-order valence-corrected chi connectivity index (χ1v) is 5.89. The molecule has 0 fully saturated rings. The molecule has 0 aliphatic carbocycles. The SMILES string of the molecule is CCc1cc(OC(F)(F)F)cc(CC)c1CC(=O)O. The average Bonchev–Trinajstić information content (AvgIpc) is 2.27. The van der Waals surface area contributed by atoms with Crippen LogP contribution in [0.15, 0.2) is 12.1 Å². The molecule has 0 aromatic heterocycles. The van der Waals surface area contributed by atoms with E-state index in [1.54, 1.807) is 13.8 Å². The molecule has 0 amide bonds. The van der Waals surface area contributed by atoms with Gasteiger partial charge in [0.15, 0.2) is 0 Å². The van der Waals surface area contributed by atoms with Crippen LogP contribution in [0.2, 0.25) is 0 Å². The molecule has 19 heavy (non-hydrogen) atoms. The van der Waals surface area contributed by atoms with Crippen molar-refractivity contribution in [2.24, 2.45) is 0 Å². The van der Waals surface area contributed by atoms with Gasteiger partial charge in [-0.1, -0.05) is 13.8 Å². The number of hydrogen-bond donors (Lipinski definition) is 1. The lowest BCUT2D eigenvalue weighted by molar-refractivity contribution is -0.274. The molecule has 0 unspecified atom stereocenters. The molecule has 0 spiro atoms. The molecule has 1 aromatic carbocycles. The lowest BCUT2D eigenvalue weighted by Crippen LogP contribution is -2.18. The highest BCUT2D eigenvalue weighted by Gasteiger charge is 2.31. The fourth-order valence-corrected chi connectivity index (χ4v) is 1.97. The lowest BCUT2D eigenvalue weighted by atomic mass is 9.94. The predicted octanol–water partition coefficient (Wildman–Crippen LogP) is 3.34. The molecule has 0 atom stereocenters. The second-order valence-corrected chi connectivity index (χ2v) is 4.05. The fraction of sp³-hybridized carbons (Fsp3) is 0.462. The van der Waals surface area contributed by atoms with Gasteiger partial charge in [-0.2, -0.15) is 0 Å². The van der Waals surface area contributed by atoms with Gasteiger partial charge in [-0.15, -0.1) is 13.2 Å². The second-order valence-electron chi connectivity index (χ2n) is 4.05. The summed E-state index contributed by atoms with van der Waals surface area (Å²) in [5.74, 6) is -1.30. The van der Waals surface area contributed by atoms with Crippen molar-refractivity contribution < 1.29 is 27.8 Å². The quantitative estimate of drug-likeness (QED) is 0.897. The van der Waals surface area contributed by atoms with Gasteiger partial charge in [0.05, 0.1) is 6.42 Å². The maximum Gasteiger partial charge on any atom is 0.573 e. The molecular formula is C13H15F3O3. The molecule has 6 heteroatoms. The number of carboxylic acids is 1. The Bertz CT molecular complexity index is 442. The zero-order valence-corrected chi connectivity index (χ0v) is 10.7. The van der Waals surface area contributed by atoms with Gasteiger partial charge in [-0.25, -0.2) is 0 Å². The minimum atomic E-state index is -4.75. The Morgan fingerprint density at radius 3 is 2.00 bits per heavy atom. The molecule has 1 N–H and O–H groups in total. The van der Waals surface area contributed by atoms with Gasteiger partial charge in [0.2, 0.25) is 0 Å².